The molecule has 1 amide bonds. The Labute approximate surface area is 148 Å². The average Bonchev–Trinajstić information content (AvgIpc) is 3.12. The molecule has 1 aromatic carbocycles. The van der Waals surface area contributed by atoms with Gasteiger partial charge in [-0.15, -0.1) is 0 Å². The van der Waals surface area contributed by atoms with E-state index >= 15 is 0 Å². The van der Waals surface area contributed by atoms with Gasteiger partial charge in [-0.1, -0.05) is 23.7 Å². The molecule has 5 nitrogen and oxygen atoms in total. The van der Waals surface area contributed by atoms with Crippen LogP contribution in [-0.2, 0) is 9.53 Å². The Kier molecular flexibility index (Phi) is 6.11. The van der Waals surface area contributed by atoms with Crippen LogP contribution in [0, 0.1) is 0 Å². The van der Waals surface area contributed by atoms with E-state index in [2.05, 4.69) is 34.3 Å². The molecule has 0 saturated carbocycles. The van der Waals surface area contributed by atoms with Gasteiger partial charge in [0.05, 0.1) is 6.04 Å². The predicted molar refractivity (Wildman–Crippen MR) is 95.2 cm³/mol. The summed E-state index contributed by atoms with van der Waals surface area (Å²) < 4.78 is 5.48. The van der Waals surface area contributed by atoms with Crippen molar-refractivity contribution in [2.75, 3.05) is 46.4 Å². The second-order valence-corrected chi connectivity index (χ2v) is 7.09. The van der Waals surface area contributed by atoms with Crippen LogP contribution in [0.15, 0.2) is 24.3 Å². The van der Waals surface area contributed by atoms with Crippen LogP contribution in [0.3, 0.4) is 0 Å². The van der Waals surface area contributed by atoms with E-state index in [9.17, 15) is 4.79 Å². The van der Waals surface area contributed by atoms with Gasteiger partial charge in [-0.2, -0.15) is 0 Å². The number of rotatable bonds is 5. The molecule has 6 heteroatoms. The number of likely N-dealkylation sites (N-methyl/N-ethyl adjacent to an activating group) is 1. The second kappa shape index (κ2) is 8.30. The Bertz CT molecular complexity index is 538. The van der Waals surface area contributed by atoms with Crippen LogP contribution in [0.2, 0.25) is 5.02 Å². The molecule has 0 aromatic heterocycles. The van der Waals surface area contributed by atoms with E-state index < -0.39 is 0 Å². The molecule has 0 spiro atoms. The zero-order valence-corrected chi connectivity index (χ0v) is 15.0. The third-order valence-corrected chi connectivity index (χ3v) is 5.18. The first-order valence-electron chi connectivity index (χ1n) is 8.71. The Balaban J connectivity index is 1.66. The summed E-state index contributed by atoms with van der Waals surface area (Å²) in [6, 6.07) is 8.12. The minimum Gasteiger partial charge on any atom is -0.368 e. The van der Waals surface area contributed by atoms with E-state index in [1.807, 2.05) is 12.1 Å². The molecule has 2 saturated heterocycles. The quantitative estimate of drug-likeness (QED) is 0.880. The van der Waals surface area contributed by atoms with Crippen LogP contribution in [0.5, 0.6) is 0 Å². The lowest BCUT2D eigenvalue weighted by Crippen LogP contribution is -2.49. The fourth-order valence-corrected chi connectivity index (χ4v) is 3.50. The summed E-state index contributed by atoms with van der Waals surface area (Å²) >= 11 is 6.03. The van der Waals surface area contributed by atoms with Gasteiger partial charge in [0.1, 0.15) is 6.10 Å². The molecule has 2 atom stereocenters. The average molecular weight is 352 g/mol. The molecule has 1 N–H and O–H groups in total. The molecule has 2 unspecified atom stereocenters. The molecule has 2 heterocycles. The van der Waals surface area contributed by atoms with Crippen LogP contribution >= 0.6 is 11.6 Å². The van der Waals surface area contributed by atoms with Crippen molar-refractivity contribution in [2.24, 2.45) is 0 Å². The van der Waals surface area contributed by atoms with Crippen LogP contribution in [0.25, 0.3) is 0 Å². The Morgan fingerprint density at radius 3 is 2.62 bits per heavy atom. The predicted octanol–water partition coefficient (Wildman–Crippen LogP) is 1.92. The highest BCUT2D eigenvalue weighted by molar-refractivity contribution is 6.30. The van der Waals surface area contributed by atoms with E-state index in [0.717, 1.165) is 44.0 Å². The molecular weight excluding hydrogens is 326 g/mol. The van der Waals surface area contributed by atoms with Crippen LogP contribution in [-0.4, -0.2) is 68.2 Å². The van der Waals surface area contributed by atoms with Crippen LogP contribution < -0.4 is 5.32 Å². The summed E-state index contributed by atoms with van der Waals surface area (Å²) in [6.45, 7) is 5.38. The number of hydrogen-bond acceptors (Lipinski definition) is 4. The standard InChI is InChI=1S/C18H26ClN3O2/c1-21-8-10-22(11-9-21)16(14-4-6-15(19)7-5-14)13-20-18(23)17-3-2-12-24-17/h4-7,16-17H,2-3,8-13H2,1H3,(H,20,23). The van der Waals surface area contributed by atoms with Gasteiger partial charge in [-0.05, 0) is 37.6 Å². The lowest BCUT2D eigenvalue weighted by molar-refractivity contribution is -0.130. The fourth-order valence-electron chi connectivity index (χ4n) is 3.37. The topological polar surface area (TPSA) is 44.8 Å². The summed E-state index contributed by atoms with van der Waals surface area (Å²) in [5.41, 5.74) is 1.19. The minimum atomic E-state index is -0.275. The molecule has 0 aliphatic carbocycles. The minimum absolute atomic E-state index is 0.0144. The van der Waals surface area contributed by atoms with Gasteiger partial charge in [0.2, 0.25) is 5.91 Å². The maximum atomic E-state index is 12.3. The summed E-state index contributed by atoms with van der Waals surface area (Å²) in [4.78, 5) is 17.1. The number of halogens is 1. The van der Waals surface area contributed by atoms with Crippen molar-refractivity contribution in [3.63, 3.8) is 0 Å². The Hall–Kier alpha value is -1.14. The van der Waals surface area contributed by atoms with Gasteiger partial charge in [-0.25, -0.2) is 0 Å². The highest BCUT2D eigenvalue weighted by atomic mass is 35.5. The zero-order valence-electron chi connectivity index (χ0n) is 14.2. The zero-order chi connectivity index (χ0) is 16.9. The summed E-state index contributed by atoms with van der Waals surface area (Å²) in [5.74, 6) is 0.0144. The van der Waals surface area contributed by atoms with Gasteiger partial charge in [0.25, 0.3) is 0 Å². The molecule has 24 heavy (non-hydrogen) atoms. The normalized spacial score (nSPS) is 24.0. The molecule has 2 aliphatic rings. The van der Waals surface area contributed by atoms with Crippen molar-refractivity contribution in [3.05, 3.63) is 34.9 Å². The lowest BCUT2D eigenvalue weighted by atomic mass is 10.0. The molecule has 132 valence electrons. The highest BCUT2D eigenvalue weighted by Crippen LogP contribution is 2.23. The number of nitrogens with one attached hydrogen (secondary N) is 1. The molecule has 2 aliphatic heterocycles. The van der Waals surface area contributed by atoms with Gasteiger partial charge < -0.3 is 15.0 Å². The van der Waals surface area contributed by atoms with Crippen molar-refractivity contribution in [1.82, 2.24) is 15.1 Å². The number of carbonyl (C=O) groups is 1. The fraction of sp³-hybridized carbons (Fsp3) is 0.611. The molecule has 0 radical (unpaired) electrons. The number of piperazine rings is 1. The first kappa shape index (κ1) is 17.7. The smallest absolute Gasteiger partial charge is 0.249 e. The van der Waals surface area contributed by atoms with E-state index in [1.54, 1.807) is 0 Å². The van der Waals surface area contributed by atoms with Crippen LogP contribution in [0.1, 0.15) is 24.4 Å². The maximum absolute atomic E-state index is 12.3. The first-order chi connectivity index (χ1) is 11.6. The van der Waals surface area contributed by atoms with Gasteiger partial charge in [0.15, 0.2) is 0 Å². The van der Waals surface area contributed by atoms with E-state index in [1.165, 1.54) is 5.56 Å². The summed E-state index contributed by atoms with van der Waals surface area (Å²) in [7, 11) is 2.15. The number of benzene rings is 1. The van der Waals surface area contributed by atoms with Crippen molar-refractivity contribution >= 4 is 17.5 Å². The van der Waals surface area contributed by atoms with Crippen molar-refractivity contribution in [2.45, 2.75) is 25.0 Å². The SMILES string of the molecule is CN1CCN(C(CNC(=O)C2CCCO2)c2ccc(Cl)cc2)CC1. The Morgan fingerprint density at radius 2 is 2.00 bits per heavy atom. The number of ether oxygens (including phenoxy) is 1. The van der Waals surface area contributed by atoms with E-state index in [-0.39, 0.29) is 18.1 Å². The first-order valence-corrected chi connectivity index (χ1v) is 9.08. The largest absolute Gasteiger partial charge is 0.368 e. The molecular formula is C18H26ClN3O2. The Morgan fingerprint density at radius 1 is 1.29 bits per heavy atom. The molecule has 1 aromatic rings. The van der Waals surface area contributed by atoms with Gasteiger partial charge in [0, 0.05) is 44.4 Å². The number of carbonyl (C=O) groups excluding carboxylic acids is 1. The second-order valence-electron chi connectivity index (χ2n) is 6.65. The van der Waals surface area contributed by atoms with E-state index in [4.69, 9.17) is 16.3 Å². The lowest BCUT2D eigenvalue weighted by Gasteiger charge is -2.38. The van der Waals surface area contributed by atoms with E-state index in [0.29, 0.717) is 13.2 Å². The maximum Gasteiger partial charge on any atom is 0.249 e. The molecule has 0 bridgehead atoms. The van der Waals surface area contributed by atoms with Gasteiger partial charge in [-0.3, -0.25) is 9.69 Å². The highest BCUT2D eigenvalue weighted by Gasteiger charge is 2.27. The monoisotopic (exact) mass is 351 g/mol. The summed E-state index contributed by atoms with van der Waals surface area (Å²) in [5, 5.41) is 3.83. The van der Waals surface area contributed by atoms with Crippen molar-refractivity contribution in [1.29, 1.82) is 0 Å². The number of hydrogen-bond donors (Lipinski definition) is 1. The number of nitrogens with zero attached hydrogens (tertiary/aromatic N) is 2. The third-order valence-electron chi connectivity index (χ3n) is 4.93. The molecule has 2 fully saturated rings. The van der Waals surface area contributed by atoms with Gasteiger partial charge >= 0.3 is 0 Å². The molecule has 3 rings (SSSR count). The third kappa shape index (κ3) is 4.48. The number of amides is 1. The summed E-state index contributed by atoms with van der Waals surface area (Å²) in [6.07, 6.45) is 1.52. The van der Waals surface area contributed by atoms with Crippen molar-refractivity contribution in [3.8, 4) is 0 Å². The van der Waals surface area contributed by atoms with Crippen molar-refractivity contribution < 1.29 is 9.53 Å². The van der Waals surface area contributed by atoms with Crippen LogP contribution in [0.4, 0.5) is 0 Å².